The zero-order valence-corrected chi connectivity index (χ0v) is 22.1. The number of nitrogens with two attached hydrogens (primary N) is 1. The van der Waals surface area contributed by atoms with Gasteiger partial charge in [0.1, 0.15) is 23.0 Å². The summed E-state index contributed by atoms with van der Waals surface area (Å²) in [4.78, 5) is 4.40. The van der Waals surface area contributed by atoms with Crippen LogP contribution < -0.4 is 20.5 Å². The molecule has 0 saturated heterocycles. The van der Waals surface area contributed by atoms with Gasteiger partial charge in [0.15, 0.2) is 0 Å². The molecule has 0 bridgehead atoms. The lowest BCUT2D eigenvalue weighted by Gasteiger charge is -2.11. The molecule has 1 aromatic heterocycles. The Bertz CT molecular complexity index is 1630. The van der Waals surface area contributed by atoms with E-state index in [1.807, 2.05) is 128 Å². The Kier molecular flexibility index (Phi) is 9.00. The van der Waals surface area contributed by atoms with Crippen molar-refractivity contribution in [1.82, 2.24) is 4.98 Å². The first kappa shape index (κ1) is 26.5. The Balaban J connectivity index is 0.000000184. The highest BCUT2D eigenvalue weighted by Crippen LogP contribution is 2.25. The minimum Gasteiger partial charge on any atom is -0.457 e. The molecule has 0 aliphatic heterocycles. The monoisotopic (exact) mass is 525 g/mol. The fourth-order valence-corrected chi connectivity index (χ4v) is 4.15. The molecule has 0 unspecified atom stereocenters. The van der Waals surface area contributed by atoms with Gasteiger partial charge in [0.25, 0.3) is 0 Å². The Morgan fingerprint density at radius 3 is 1.75 bits per heavy atom. The highest BCUT2D eigenvalue weighted by molar-refractivity contribution is 5.90. The van der Waals surface area contributed by atoms with E-state index in [1.165, 1.54) is 0 Å². The smallest absolute Gasteiger partial charge is 0.127 e. The van der Waals surface area contributed by atoms with E-state index in [9.17, 15) is 0 Å². The zero-order chi connectivity index (χ0) is 27.4. The van der Waals surface area contributed by atoms with Crippen molar-refractivity contribution in [2.24, 2.45) is 5.73 Å². The zero-order valence-electron chi connectivity index (χ0n) is 22.1. The summed E-state index contributed by atoms with van der Waals surface area (Å²) in [7, 11) is 0. The van der Waals surface area contributed by atoms with Crippen molar-refractivity contribution >= 4 is 16.6 Å². The van der Waals surface area contributed by atoms with Crippen molar-refractivity contribution < 1.29 is 9.47 Å². The molecule has 40 heavy (non-hydrogen) atoms. The number of benzene rings is 5. The molecule has 3 N–H and O–H groups in total. The molecule has 0 amide bonds. The molecule has 198 valence electrons. The number of ether oxygens (including phenoxy) is 2. The predicted molar refractivity (Wildman–Crippen MR) is 163 cm³/mol. The second kappa shape index (κ2) is 13.6. The number of fused-ring (bicyclic) bond motifs is 1. The Morgan fingerprint density at radius 1 is 0.550 bits per heavy atom. The third-order valence-corrected chi connectivity index (χ3v) is 6.12. The first-order valence-corrected chi connectivity index (χ1v) is 13.2. The molecule has 0 spiro atoms. The fourth-order valence-electron chi connectivity index (χ4n) is 4.15. The van der Waals surface area contributed by atoms with E-state index in [1.54, 1.807) is 0 Å². The highest BCUT2D eigenvalue weighted by Gasteiger charge is 2.03. The van der Waals surface area contributed by atoms with Gasteiger partial charge in [-0.3, -0.25) is 4.98 Å². The molecule has 5 nitrogen and oxygen atoms in total. The topological polar surface area (TPSA) is 69.4 Å². The number of aromatic nitrogens is 1. The number of hydrogen-bond donors (Lipinski definition) is 2. The van der Waals surface area contributed by atoms with Crippen molar-refractivity contribution in [3.05, 3.63) is 157 Å². The molecule has 1 heterocycles. The molecule has 0 atom stereocenters. The molecule has 5 heteroatoms. The van der Waals surface area contributed by atoms with E-state index in [-0.39, 0.29) is 0 Å². The lowest BCUT2D eigenvalue weighted by Crippen LogP contribution is -2.00. The van der Waals surface area contributed by atoms with Crippen LogP contribution in [-0.4, -0.2) is 4.98 Å². The van der Waals surface area contributed by atoms with Gasteiger partial charge in [-0.15, -0.1) is 0 Å². The average Bonchev–Trinajstić information content (AvgIpc) is 3.02. The number of nitrogens with zero attached hydrogens (tertiary/aromatic N) is 1. The number of nitrogens with one attached hydrogen (secondary N) is 1. The van der Waals surface area contributed by atoms with Crippen LogP contribution in [0.1, 0.15) is 11.1 Å². The van der Waals surface area contributed by atoms with Crippen LogP contribution >= 0.6 is 0 Å². The van der Waals surface area contributed by atoms with Gasteiger partial charge in [0, 0.05) is 30.4 Å². The van der Waals surface area contributed by atoms with Gasteiger partial charge in [-0.1, -0.05) is 78.9 Å². The molecular formula is C35H31N3O2. The van der Waals surface area contributed by atoms with E-state index in [4.69, 9.17) is 15.2 Å². The van der Waals surface area contributed by atoms with Crippen molar-refractivity contribution in [2.75, 3.05) is 5.32 Å². The summed E-state index contributed by atoms with van der Waals surface area (Å²) in [6, 6.07) is 45.6. The van der Waals surface area contributed by atoms with E-state index in [2.05, 4.69) is 28.5 Å². The highest BCUT2D eigenvalue weighted by atomic mass is 16.5. The molecule has 0 saturated carbocycles. The van der Waals surface area contributed by atoms with Crippen LogP contribution in [0, 0.1) is 0 Å². The molecular weight excluding hydrogens is 494 g/mol. The minimum atomic E-state index is 0.534. The number of hydrogen-bond acceptors (Lipinski definition) is 5. The Hall–Kier alpha value is -5.13. The van der Waals surface area contributed by atoms with E-state index in [0.717, 1.165) is 57.3 Å². The van der Waals surface area contributed by atoms with Crippen molar-refractivity contribution in [3.8, 4) is 23.0 Å². The number of anilines is 1. The molecule has 6 aromatic rings. The van der Waals surface area contributed by atoms with Crippen LogP contribution in [0.2, 0.25) is 0 Å². The van der Waals surface area contributed by atoms with E-state index in [0.29, 0.717) is 6.54 Å². The van der Waals surface area contributed by atoms with Gasteiger partial charge in [0.05, 0.1) is 5.52 Å². The van der Waals surface area contributed by atoms with Crippen molar-refractivity contribution in [3.63, 3.8) is 0 Å². The maximum absolute atomic E-state index is 5.90. The lowest BCUT2D eigenvalue weighted by molar-refractivity contribution is 0.481. The van der Waals surface area contributed by atoms with Crippen molar-refractivity contribution in [2.45, 2.75) is 13.1 Å². The van der Waals surface area contributed by atoms with Gasteiger partial charge in [-0.05, 0) is 71.8 Å². The molecule has 0 radical (unpaired) electrons. The summed E-state index contributed by atoms with van der Waals surface area (Å²) in [6.45, 7) is 1.26. The summed E-state index contributed by atoms with van der Waals surface area (Å²) >= 11 is 0. The number of rotatable bonds is 8. The van der Waals surface area contributed by atoms with Crippen LogP contribution in [0.4, 0.5) is 5.69 Å². The first-order chi connectivity index (χ1) is 19.8. The Labute approximate surface area is 234 Å². The van der Waals surface area contributed by atoms with Gasteiger partial charge < -0.3 is 20.5 Å². The summed E-state index contributed by atoms with van der Waals surface area (Å²) in [5, 5.41) is 4.63. The second-order valence-electron chi connectivity index (χ2n) is 9.06. The Morgan fingerprint density at radius 2 is 1.10 bits per heavy atom. The van der Waals surface area contributed by atoms with Crippen LogP contribution in [0.3, 0.4) is 0 Å². The van der Waals surface area contributed by atoms with Gasteiger partial charge in [0.2, 0.25) is 0 Å². The molecule has 0 aliphatic carbocycles. The SMILES string of the molecule is NCc1cccc(Oc2ccccc2)c1.c1ccc(Oc2cccc(CNc3ccnc4ccccc34)c2)cc1. The molecule has 0 aliphatic rings. The standard InChI is InChI=1S/C22H18N2O.C13H13NO/c1-2-8-18(9-3-1)25-19-10-6-7-17(15-19)16-24-22-13-14-23-21-12-5-4-11-20(21)22;14-10-11-5-4-8-13(9-11)15-12-6-2-1-3-7-12/h1-15H,16H2,(H,23,24);1-9H,10,14H2. The maximum atomic E-state index is 5.90. The summed E-state index contributed by atoms with van der Waals surface area (Å²) < 4.78 is 11.6. The number of pyridine rings is 1. The predicted octanol–water partition coefficient (Wildman–Crippen LogP) is 8.58. The summed E-state index contributed by atoms with van der Waals surface area (Å²) in [5.41, 5.74) is 9.87. The second-order valence-corrected chi connectivity index (χ2v) is 9.06. The van der Waals surface area contributed by atoms with Crippen LogP contribution in [-0.2, 0) is 13.1 Å². The quantitative estimate of drug-likeness (QED) is 0.208. The normalized spacial score (nSPS) is 10.3. The van der Waals surface area contributed by atoms with Crippen LogP contribution in [0.15, 0.2) is 146 Å². The van der Waals surface area contributed by atoms with Gasteiger partial charge in [-0.2, -0.15) is 0 Å². The average molecular weight is 526 g/mol. The third kappa shape index (κ3) is 7.47. The molecule has 5 aromatic carbocycles. The number of para-hydroxylation sites is 3. The van der Waals surface area contributed by atoms with Crippen LogP contribution in [0.5, 0.6) is 23.0 Å². The van der Waals surface area contributed by atoms with E-state index >= 15 is 0 Å². The maximum Gasteiger partial charge on any atom is 0.127 e. The fraction of sp³-hybridized carbons (Fsp3) is 0.0571. The summed E-state index contributed by atoms with van der Waals surface area (Å²) in [6.07, 6.45) is 1.83. The van der Waals surface area contributed by atoms with E-state index < -0.39 is 0 Å². The molecule has 6 rings (SSSR count). The summed E-state index contributed by atoms with van der Waals surface area (Å²) in [5.74, 6) is 3.34. The van der Waals surface area contributed by atoms with Gasteiger partial charge >= 0.3 is 0 Å². The third-order valence-electron chi connectivity index (χ3n) is 6.12. The lowest BCUT2D eigenvalue weighted by atomic mass is 10.1. The molecule has 0 fully saturated rings. The van der Waals surface area contributed by atoms with Crippen LogP contribution in [0.25, 0.3) is 10.9 Å². The van der Waals surface area contributed by atoms with Crippen molar-refractivity contribution in [1.29, 1.82) is 0 Å². The largest absolute Gasteiger partial charge is 0.457 e. The first-order valence-electron chi connectivity index (χ1n) is 13.2. The van der Waals surface area contributed by atoms with Gasteiger partial charge in [-0.25, -0.2) is 0 Å². The minimum absolute atomic E-state index is 0.534.